The summed E-state index contributed by atoms with van der Waals surface area (Å²) in [4.78, 5) is 15.9. The van der Waals surface area contributed by atoms with Gasteiger partial charge in [-0.3, -0.25) is 4.79 Å². The van der Waals surface area contributed by atoms with Crippen molar-refractivity contribution in [2.24, 2.45) is 0 Å². The molecule has 2 rings (SSSR count). The van der Waals surface area contributed by atoms with Crippen LogP contribution >= 0.6 is 0 Å². The Labute approximate surface area is 150 Å². The second-order valence-corrected chi connectivity index (χ2v) is 6.18. The molecule has 26 heavy (non-hydrogen) atoms. The minimum atomic E-state index is -4.72. The summed E-state index contributed by atoms with van der Waals surface area (Å²) in [7, 11) is 5.61. The molecule has 2 aromatic rings. The van der Waals surface area contributed by atoms with Gasteiger partial charge in [0.25, 0.3) is 0 Å². The topological polar surface area (TPSA) is 32.8 Å². The number of hydrogen-bond acceptors (Lipinski definition) is 3. The van der Waals surface area contributed by atoms with Gasteiger partial charge >= 0.3 is 6.36 Å². The van der Waals surface area contributed by atoms with E-state index < -0.39 is 6.36 Å². The van der Waals surface area contributed by atoms with Crippen molar-refractivity contribution >= 4 is 11.6 Å². The first-order valence-corrected chi connectivity index (χ1v) is 7.99. The predicted molar refractivity (Wildman–Crippen MR) is 94.1 cm³/mol. The summed E-state index contributed by atoms with van der Waals surface area (Å²) >= 11 is 0. The van der Waals surface area contributed by atoms with Gasteiger partial charge in [-0.25, -0.2) is 0 Å². The molecule has 0 atom stereocenters. The number of anilines is 1. The molecule has 7 heteroatoms. The van der Waals surface area contributed by atoms with Crippen molar-refractivity contribution in [2.45, 2.75) is 19.3 Å². The van der Waals surface area contributed by atoms with E-state index in [-0.39, 0.29) is 18.1 Å². The maximum absolute atomic E-state index is 12.3. The normalized spacial score (nSPS) is 11.2. The lowest BCUT2D eigenvalue weighted by atomic mass is 10.1. The third kappa shape index (κ3) is 5.98. The van der Waals surface area contributed by atoms with Gasteiger partial charge < -0.3 is 14.5 Å². The van der Waals surface area contributed by atoms with Crippen LogP contribution in [0.4, 0.5) is 18.9 Å². The zero-order valence-corrected chi connectivity index (χ0v) is 14.9. The van der Waals surface area contributed by atoms with E-state index in [9.17, 15) is 18.0 Å². The fraction of sp³-hybridized carbons (Fsp3) is 0.316. The molecule has 0 saturated carbocycles. The average molecular weight is 366 g/mol. The Morgan fingerprint density at radius 1 is 0.923 bits per heavy atom. The molecule has 0 aromatic heterocycles. The van der Waals surface area contributed by atoms with Gasteiger partial charge in [-0.15, -0.1) is 13.2 Å². The molecule has 0 unspecified atom stereocenters. The van der Waals surface area contributed by atoms with Crippen molar-refractivity contribution in [2.75, 3.05) is 26.0 Å². The number of alkyl halides is 3. The van der Waals surface area contributed by atoms with Gasteiger partial charge in [-0.2, -0.15) is 0 Å². The number of carbonyl (C=O) groups is 1. The minimum absolute atomic E-state index is 0.110. The zero-order chi connectivity index (χ0) is 19.3. The van der Waals surface area contributed by atoms with Crippen LogP contribution in [-0.4, -0.2) is 38.3 Å². The number of amides is 1. The quantitative estimate of drug-likeness (QED) is 0.779. The van der Waals surface area contributed by atoms with E-state index in [2.05, 4.69) is 4.74 Å². The minimum Gasteiger partial charge on any atom is -0.406 e. The molecule has 0 saturated heterocycles. The Morgan fingerprint density at radius 2 is 1.46 bits per heavy atom. The summed E-state index contributed by atoms with van der Waals surface area (Å²) in [6, 6.07) is 13.2. The SMILES string of the molecule is CN(Cc1ccc(N(C)C)cc1)C(=O)Cc1ccc(OC(F)(F)F)cc1. The highest BCUT2D eigenvalue weighted by atomic mass is 19.4. The lowest BCUT2D eigenvalue weighted by Crippen LogP contribution is -2.27. The van der Waals surface area contributed by atoms with E-state index in [1.54, 1.807) is 11.9 Å². The standard InChI is InChI=1S/C19H21F3N2O2/c1-23(2)16-8-4-15(5-9-16)13-24(3)18(25)12-14-6-10-17(11-7-14)26-19(20,21)22/h4-11H,12-13H2,1-3H3. The Hall–Kier alpha value is -2.70. The number of carbonyl (C=O) groups excluding carboxylic acids is 1. The molecule has 0 spiro atoms. The summed E-state index contributed by atoms with van der Waals surface area (Å²) in [6.45, 7) is 0.460. The van der Waals surface area contributed by atoms with Gasteiger partial charge in [0.05, 0.1) is 6.42 Å². The van der Waals surface area contributed by atoms with E-state index in [1.165, 1.54) is 24.3 Å². The van der Waals surface area contributed by atoms with Crippen LogP contribution in [0.1, 0.15) is 11.1 Å². The zero-order valence-electron chi connectivity index (χ0n) is 14.9. The summed E-state index contributed by atoms with van der Waals surface area (Å²) < 4.78 is 40.3. The third-order valence-corrected chi connectivity index (χ3v) is 3.81. The molecule has 0 N–H and O–H groups in total. The number of hydrogen-bond donors (Lipinski definition) is 0. The lowest BCUT2D eigenvalue weighted by Gasteiger charge is -2.18. The largest absolute Gasteiger partial charge is 0.573 e. The maximum atomic E-state index is 12.3. The van der Waals surface area contributed by atoms with Crippen molar-refractivity contribution in [1.29, 1.82) is 0 Å². The molecule has 140 valence electrons. The van der Waals surface area contributed by atoms with Gasteiger partial charge in [0, 0.05) is 33.4 Å². The highest BCUT2D eigenvalue weighted by Crippen LogP contribution is 2.23. The molecular formula is C19H21F3N2O2. The van der Waals surface area contributed by atoms with Gasteiger partial charge in [0.15, 0.2) is 0 Å². The van der Waals surface area contributed by atoms with Crippen molar-refractivity contribution in [3.63, 3.8) is 0 Å². The van der Waals surface area contributed by atoms with Crippen LogP contribution in [0.2, 0.25) is 0 Å². The predicted octanol–water partition coefficient (Wildman–Crippen LogP) is 3.85. The molecule has 0 aliphatic carbocycles. The molecular weight excluding hydrogens is 345 g/mol. The molecule has 0 heterocycles. The first kappa shape index (κ1) is 19.6. The third-order valence-electron chi connectivity index (χ3n) is 3.81. The van der Waals surface area contributed by atoms with E-state index >= 15 is 0 Å². The summed E-state index contributed by atoms with van der Waals surface area (Å²) in [5, 5.41) is 0. The molecule has 0 aliphatic heterocycles. The summed E-state index contributed by atoms with van der Waals surface area (Å²) in [5.74, 6) is -0.422. The Bertz CT molecular complexity index is 726. The van der Waals surface area contributed by atoms with E-state index in [4.69, 9.17) is 0 Å². The van der Waals surface area contributed by atoms with Crippen LogP contribution in [0.15, 0.2) is 48.5 Å². The number of likely N-dealkylation sites (N-methyl/N-ethyl adjacent to an activating group) is 1. The van der Waals surface area contributed by atoms with Crippen molar-refractivity contribution in [1.82, 2.24) is 4.90 Å². The number of rotatable bonds is 6. The highest BCUT2D eigenvalue weighted by Gasteiger charge is 2.30. The van der Waals surface area contributed by atoms with E-state index in [0.29, 0.717) is 12.1 Å². The first-order chi connectivity index (χ1) is 12.1. The van der Waals surface area contributed by atoms with Crippen LogP contribution in [0, 0.1) is 0 Å². The Morgan fingerprint density at radius 3 is 1.96 bits per heavy atom. The Kier molecular flexibility index (Phi) is 6.13. The van der Waals surface area contributed by atoms with Gasteiger partial charge in [0.1, 0.15) is 5.75 Å². The fourth-order valence-electron chi connectivity index (χ4n) is 2.38. The second kappa shape index (κ2) is 8.12. The van der Waals surface area contributed by atoms with Gasteiger partial charge in [-0.1, -0.05) is 24.3 Å². The van der Waals surface area contributed by atoms with Crippen LogP contribution in [0.25, 0.3) is 0 Å². The Balaban J connectivity index is 1.92. The van der Waals surface area contributed by atoms with E-state index in [1.807, 2.05) is 43.3 Å². The number of ether oxygens (including phenoxy) is 1. The molecule has 0 radical (unpaired) electrons. The van der Waals surface area contributed by atoms with Gasteiger partial charge in [-0.05, 0) is 35.4 Å². The summed E-state index contributed by atoms with van der Waals surface area (Å²) in [6.07, 6.45) is -4.61. The van der Waals surface area contributed by atoms with Crippen molar-refractivity contribution < 1.29 is 22.7 Å². The monoisotopic (exact) mass is 366 g/mol. The highest BCUT2D eigenvalue weighted by molar-refractivity contribution is 5.78. The smallest absolute Gasteiger partial charge is 0.406 e. The molecule has 1 amide bonds. The van der Waals surface area contributed by atoms with Gasteiger partial charge in [0.2, 0.25) is 5.91 Å². The average Bonchev–Trinajstić information content (AvgIpc) is 2.55. The number of nitrogens with zero attached hydrogens (tertiary/aromatic N) is 2. The molecule has 4 nitrogen and oxygen atoms in total. The molecule has 2 aromatic carbocycles. The number of halogens is 3. The molecule has 0 aliphatic rings. The van der Waals surface area contributed by atoms with Crippen LogP contribution in [0.3, 0.4) is 0 Å². The first-order valence-electron chi connectivity index (χ1n) is 7.99. The number of benzene rings is 2. The van der Waals surface area contributed by atoms with Crippen LogP contribution in [-0.2, 0) is 17.8 Å². The summed E-state index contributed by atoms with van der Waals surface area (Å²) in [5.41, 5.74) is 2.70. The second-order valence-electron chi connectivity index (χ2n) is 6.18. The van der Waals surface area contributed by atoms with Crippen LogP contribution < -0.4 is 9.64 Å². The fourth-order valence-corrected chi connectivity index (χ4v) is 2.38. The van der Waals surface area contributed by atoms with Crippen LogP contribution in [0.5, 0.6) is 5.75 Å². The lowest BCUT2D eigenvalue weighted by molar-refractivity contribution is -0.274. The van der Waals surface area contributed by atoms with Crippen molar-refractivity contribution in [3.8, 4) is 5.75 Å². The van der Waals surface area contributed by atoms with Crippen molar-refractivity contribution in [3.05, 3.63) is 59.7 Å². The maximum Gasteiger partial charge on any atom is 0.573 e. The van der Waals surface area contributed by atoms with E-state index in [0.717, 1.165) is 11.3 Å². The molecule has 0 bridgehead atoms. The molecule has 0 fully saturated rings.